The van der Waals surface area contributed by atoms with Gasteiger partial charge >= 0.3 is 0 Å². The van der Waals surface area contributed by atoms with E-state index >= 15 is 4.39 Å². The van der Waals surface area contributed by atoms with Gasteiger partial charge in [0.2, 0.25) is 12.9 Å². The second-order valence-electron chi connectivity index (χ2n) is 11.0. The lowest BCUT2D eigenvalue weighted by molar-refractivity contribution is -0.0980. The van der Waals surface area contributed by atoms with E-state index in [9.17, 15) is 18.0 Å². The third-order valence-corrected chi connectivity index (χ3v) is 8.14. The molecule has 0 aliphatic carbocycles. The second kappa shape index (κ2) is 16.9. The lowest BCUT2D eigenvalue weighted by Crippen LogP contribution is -2.50. The highest BCUT2D eigenvalue weighted by molar-refractivity contribution is 5.79. The van der Waals surface area contributed by atoms with Crippen molar-refractivity contribution in [1.82, 2.24) is 24.3 Å². The van der Waals surface area contributed by atoms with E-state index in [0.29, 0.717) is 34.2 Å². The standard InChI is InChI=1S/C29H38F2N8O.CH2F2.CH2O.H2/c1-20-18-39(10-7-36(20)3)27-13-25(31)24(22-15-33-29(34-16-22)38-8-5-35(2)6-9-38)12-26(27)32-17-23-19-37(4)28(40)11-21(23)14-30;2-1-3;1-2;/h11-13,15-16,19-20,32H,5-10,14,17-18H2,1-4H3;1H2;1H2;1H/t20-;;;/m0.../s1. The van der Waals surface area contributed by atoms with Gasteiger partial charge in [-0.1, -0.05) is 0 Å². The molecule has 10 nitrogen and oxygen atoms in total. The maximum absolute atomic E-state index is 15.7. The maximum Gasteiger partial charge on any atom is 0.250 e. The van der Waals surface area contributed by atoms with Gasteiger partial charge in [0.15, 0.2) is 0 Å². The molecule has 4 heterocycles. The summed E-state index contributed by atoms with van der Waals surface area (Å²) in [5.41, 5.74) is 3.23. The van der Waals surface area contributed by atoms with E-state index in [1.165, 1.54) is 10.6 Å². The van der Waals surface area contributed by atoms with Gasteiger partial charge in [-0.15, -0.1) is 0 Å². The van der Waals surface area contributed by atoms with Gasteiger partial charge in [0.25, 0.3) is 5.56 Å². The number of aromatic nitrogens is 3. The van der Waals surface area contributed by atoms with Crippen LogP contribution in [0.3, 0.4) is 0 Å². The lowest BCUT2D eigenvalue weighted by atomic mass is 10.0. The summed E-state index contributed by atoms with van der Waals surface area (Å²) >= 11 is 0. The summed E-state index contributed by atoms with van der Waals surface area (Å²) in [6.45, 7) is 7.91. The lowest BCUT2D eigenvalue weighted by Gasteiger charge is -2.40. The molecule has 2 fully saturated rings. The van der Waals surface area contributed by atoms with Crippen molar-refractivity contribution in [3.05, 3.63) is 64.1 Å². The number of piperazine rings is 2. The van der Waals surface area contributed by atoms with Crippen molar-refractivity contribution < 1.29 is 23.8 Å². The highest BCUT2D eigenvalue weighted by Crippen LogP contribution is 2.35. The Balaban J connectivity index is 0.00000116. The molecule has 3 aromatic rings. The highest BCUT2D eigenvalue weighted by Gasteiger charge is 2.25. The molecular weight excluding hydrogens is 592 g/mol. The van der Waals surface area contributed by atoms with Crippen molar-refractivity contribution >= 4 is 24.1 Å². The predicted molar refractivity (Wildman–Crippen MR) is 172 cm³/mol. The molecule has 0 radical (unpaired) electrons. The van der Waals surface area contributed by atoms with Crippen molar-refractivity contribution in [2.45, 2.75) is 26.2 Å². The number of benzene rings is 1. The number of nitrogens with one attached hydrogen (secondary N) is 1. The van der Waals surface area contributed by atoms with Crippen LogP contribution in [0.1, 0.15) is 19.5 Å². The molecule has 0 spiro atoms. The summed E-state index contributed by atoms with van der Waals surface area (Å²) in [6.07, 6.45) is 5.00. The summed E-state index contributed by atoms with van der Waals surface area (Å²) in [5, 5.41) is 3.42. The largest absolute Gasteiger partial charge is 0.379 e. The Bertz CT molecular complexity index is 1440. The average Bonchev–Trinajstić information content (AvgIpc) is 3.05. The summed E-state index contributed by atoms with van der Waals surface area (Å²) in [7, 11) is 5.83. The van der Waals surface area contributed by atoms with Crippen molar-refractivity contribution in [3.63, 3.8) is 0 Å². The Hall–Kier alpha value is -4.04. The molecule has 0 saturated carbocycles. The van der Waals surface area contributed by atoms with Gasteiger partial charge in [-0.3, -0.25) is 4.79 Å². The van der Waals surface area contributed by atoms with E-state index in [1.807, 2.05) is 6.79 Å². The predicted octanol–water partition coefficient (Wildman–Crippen LogP) is 3.90. The topological polar surface area (TPSA) is 89.8 Å². The molecule has 2 aromatic heterocycles. The number of carbonyl (C=O) groups is 1. The number of aryl methyl sites for hydroxylation is 1. The van der Waals surface area contributed by atoms with Crippen LogP contribution in [0.5, 0.6) is 0 Å². The number of hydrogen-bond donors (Lipinski definition) is 1. The van der Waals surface area contributed by atoms with Crippen molar-refractivity contribution in [1.29, 1.82) is 0 Å². The first-order chi connectivity index (χ1) is 21.6. The van der Waals surface area contributed by atoms with Crippen LogP contribution in [0.2, 0.25) is 0 Å². The number of rotatable bonds is 7. The fourth-order valence-corrected chi connectivity index (χ4v) is 5.28. The summed E-state index contributed by atoms with van der Waals surface area (Å²) in [5.74, 6) is 0.293. The zero-order valence-corrected chi connectivity index (χ0v) is 26.3. The van der Waals surface area contributed by atoms with Crippen LogP contribution in [0.15, 0.2) is 41.6 Å². The van der Waals surface area contributed by atoms with Crippen molar-refractivity contribution in [2.24, 2.45) is 7.05 Å². The van der Waals surface area contributed by atoms with Crippen LogP contribution in [0.25, 0.3) is 11.1 Å². The average molecular weight is 637 g/mol. The molecule has 0 unspecified atom stereocenters. The first-order valence-electron chi connectivity index (χ1n) is 14.6. The third kappa shape index (κ3) is 9.01. The Morgan fingerprint density at radius 2 is 1.56 bits per heavy atom. The van der Waals surface area contributed by atoms with E-state index in [4.69, 9.17) is 4.79 Å². The monoisotopic (exact) mass is 636 g/mol. The zero-order valence-electron chi connectivity index (χ0n) is 26.3. The molecule has 14 heteroatoms. The SMILES string of the molecule is C=O.C[C@H]1CN(c2cc(F)c(-c3cnc(N4CCN(C)CC4)nc3)cc2NCc2cn(C)c(=O)cc2CF)CCN1C.FCF.[HH]. The van der Waals surface area contributed by atoms with Crippen LogP contribution in [-0.2, 0) is 25.1 Å². The van der Waals surface area contributed by atoms with E-state index in [2.05, 4.69) is 55.9 Å². The van der Waals surface area contributed by atoms with Gasteiger partial charge in [-0.2, -0.15) is 0 Å². The summed E-state index contributed by atoms with van der Waals surface area (Å²) in [4.78, 5) is 38.0. The number of alkyl halides is 3. The van der Waals surface area contributed by atoms with Crippen molar-refractivity contribution in [2.75, 3.05) is 82.0 Å². The van der Waals surface area contributed by atoms with E-state index in [1.54, 1.807) is 37.8 Å². The number of anilines is 3. The van der Waals surface area contributed by atoms with E-state index in [0.717, 1.165) is 57.2 Å². The Labute approximate surface area is 262 Å². The van der Waals surface area contributed by atoms with Crippen LogP contribution in [-0.4, -0.2) is 104 Å². The Morgan fingerprint density at radius 3 is 2.16 bits per heavy atom. The molecular formula is C31H44F4N8O2. The quantitative estimate of drug-likeness (QED) is 0.388. The van der Waals surface area contributed by atoms with Crippen LogP contribution < -0.4 is 20.7 Å². The van der Waals surface area contributed by atoms with Gasteiger partial charge in [-0.25, -0.2) is 27.5 Å². The smallest absolute Gasteiger partial charge is 0.250 e. The van der Waals surface area contributed by atoms with Crippen molar-refractivity contribution in [3.8, 4) is 11.1 Å². The number of nitrogens with zero attached hydrogens (tertiary/aromatic N) is 7. The summed E-state index contributed by atoms with van der Waals surface area (Å²) < 4.78 is 50.1. The van der Waals surface area contributed by atoms with E-state index < -0.39 is 13.6 Å². The first-order valence-corrected chi connectivity index (χ1v) is 14.6. The van der Waals surface area contributed by atoms with E-state index in [-0.39, 0.29) is 19.3 Å². The van der Waals surface area contributed by atoms with Gasteiger partial charge in [0.1, 0.15) is 19.3 Å². The third-order valence-electron chi connectivity index (χ3n) is 8.14. The second-order valence-corrected chi connectivity index (χ2v) is 11.0. The number of likely N-dealkylation sites (N-methyl/N-ethyl adjacent to an activating group) is 2. The number of hydrogen-bond acceptors (Lipinski definition) is 9. The number of halogens is 4. The highest BCUT2D eigenvalue weighted by atomic mass is 19.3. The molecule has 5 rings (SSSR count). The normalized spacial score (nSPS) is 17.2. The maximum atomic E-state index is 15.7. The minimum absolute atomic E-state index is 0. The minimum atomic E-state index is -1.75. The number of pyridine rings is 1. The fourth-order valence-electron chi connectivity index (χ4n) is 5.28. The molecule has 0 amide bonds. The zero-order chi connectivity index (χ0) is 33.1. The van der Waals surface area contributed by atoms with Crippen LogP contribution in [0, 0.1) is 5.82 Å². The molecule has 1 N–H and O–H groups in total. The molecule has 1 atom stereocenters. The molecule has 2 aliphatic heterocycles. The summed E-state index contributed by atoms with van der Waals surface area (Å²) in [6, 6.07) is 5.00. The minimum Gasteiger partial charge on any atom is -0.379 e. The Kier molecular flexibility index (Phi) is 13.3. The van der Waals surface area contributed by atoms with Gasteiger partial charge in [-0.05, 0) is 44.3 Å². The molecule has 1 aromatic carbocycles. The molecule has 248 valence electrons. The number of carbonyl (C=O) groups excluding carboxylic acids is 1. The Morgan fingerprint density at radius 1 is 0.933 bits per heavy atom. The van der Waals surface area contributed by atoms with Gasteiger partial charge < -0.3 is 34.3 Å². The molecule has 2 aliphatic rings. The molecule has 45 heavy (non-hydrogen) atoms. The fraction of sp³-hybridized carbons (Fsp3) is 0.484. The van der Waals surface area contributed by atoms with Crippen LogP contribution >= 0.6 is 0 Å². The molecule has 2 saturated heterocycles. The molecule has 0 bridgehead atoms. The van der Waals surface area contributed by atoms with Gasteiger partial charge in [0, 0.05) is 103 Å². The van der Waals surface area contributed by atoms with Crippen LogP contribution in [0.4, 0.5) is 34.9 Å². The van der Waals surface area contributed by atoms with Gasteiger partial charge in [0.05, 0.1) is 11.4 Å². The first kappa shape index (κ1) is 35.4.